The Labute approximate surface area is 229 Å². The number of hydrogen-bond donors (Lipinski definition) is 2. The molecule has 2 N–H and O–H groups in total. The van der Waals surface area contributed by atoms with E-state index in [9.17, 15) is 14.4 Å². The Morgan fingerprint density at radius 1 is 1.26 bits per heavy atom. The fourth-order valence-corrected chi connectivity index (χ4v) is 5.38. The van der Waals surface area contributed by atoms with E-state index in [1.807, 2.05) is 0 Å². The number of carbonyl (C=O) groups is 1. The van der Waals surface area contributed by atoms with Crippen molar-refractivity contribution in [2.24, 2.45) is 5.41 Å². The zero-order valence-electron chi connectivity index (χ0n) is 20.7. The predicted molar refractivity (Wildman–Crippen MR) is 143 cm³/mol. The summed E-state index contributed by atoms with van der Waals surface area (Å²) in [6.45, 7) is 1.47. The third-order valence-electron chi connectivity index (χ3n) is 7.05. The van der Waals surface area contributed by atoms with Crippen LogP contribution in [0.4, 0.5) is 8.78 Å². The van der Waals surface area contributed by atoms with E-state index in [-0.39, 0.29) is 22.9 Å². The monoisotopic (exact) mass is 561 g/mol. The molecule has 2 aromatic carbocycles. The molecule has 1 aromatic heterocycles. The van der Waals surface area contributed by atoms with E-state index < -0.39 is 23.3 Å². The summed E-state index contributed by atoms with van der Waals surface area (Å²) in [5, 5.41) is 10.5. The van der Waals surface area contributed by atoms with Gasteiger partial charge in [-0.25, -0.2) is 14.3 Å². The number of pyridine rings is 1. The molecule has 1 fully saturated rings. The van der Waals surface area contributed by atoms with E-state index in [4.69, 9.17) is 27.9 Å². The third-order valence-corrected chi connectivity index (χ3v) is 7.57. The molecular weight excluding hydrogens is 535 g/mol. The van der Waals surface area contributed by atoms with Crippen molar-refractivity contribution in [3.63, 3.8) is 0 Å². The summed E-state index contributed by atoms with van der Waals surface area (Å²) in [6.07, 6.45) is 1.04. The SMILES string of the molecule is COc1ccc2ncc(Cl)c([C@H](F)CCC3(C(=O)NO)CCN(CC#Cc4cc(F)cc(Cl)c4)CC3)c2c1. The van der Waals surface area contributed by atoms with Crippen LogP contribution in [-0.4, -0.2) is 47.7 Å². The molecule has 0 saturated carbocycles. The zero-order chi connectivity index (χ0) is 27.3. The lowest BCUT2D eigenvalue weighted by molar-refractivity contribution is -0.143. The molecule has 0 unspecified atom stereocenters. The first kappa shape index (κ1) is 28.1. The number of rotatable bonds is 7. The number of methoxy groups -OCH3 is 1. The number of hydrogen-bond acceptors (Lipinski definition) is 5. The summed E-state index contributed by atoms with van der Waals surface area (Å²) in [5.41, 5.74) is 2.21. The molecular formula is C28H27Cl2F2N3O3. The van der Waals surface area contributed by atoms with Crippen molar-refractivity contribution in [1.82, 2.24) is 15.4 Å². The summed E-state index contributed by atoms with van der Waals surface area (Å²) in [6, 6.07) is 9.30. The van der Waals surface area contributed by atoms with Gasteiger partial charge in [-0.15, -0.1) is 0 Å². The molecule has 1 amide bonds. The average Bonchev–Trinajstić information content (AvgIpc) is 2.91. The maximum atomic E-state index is 15.7. The van der Waals surface area contributed by atoms with Gasteiger partial charge in [0.15, 0.2) is 0 Å². The van der Waals surface area contributed by atoms with Crippen molar-refractivity contribution in [3.8, 4) is 17.6 Å². The number of halogens is 4. The van der Waals surface area contributed by atoms with Gasteiger partial charge in [-0.2, -0.15) is 0 Å². The van der Waals surface area contributed by atoms with Crippen molar-refractivity contribution in [2.75, 3.05) is 26.7 Å². The van der Waals surface area contributed by atoms with Crippen molar-refractivity contribution in [3.05, 3.63) is 69.6 Å². The van der Waals surface area contributed by atoms with E-state index in [2.05, 4.69) is 21.7 Å². The van der Waals surface area contributed by atoms with Gasteiger partial charge in [-0.3, -0.25) is 19.9 Å². The molecule has 38 heavy (non-hydrogen) atoms. The van der Waals surface area contributed by atoms with E-state index in [1.54, 1.807) is 29.7 Å². The molecule has 1 saturated heterocycles. The number of carbonyl (C=O) groups excluding carboxylic acids is 1. The van der Waals surface area contributed by atoms with Gasteiger partial charge >= 0.3 is 0 Å². The van der Waals surface area contributed by atoms with Crippen LogP contribution in [0.2, 0.25) is 10.0 Å². The number of ether oxygens (including phenoxy) is 1. The van der Waals surface area contributed by atoms with Crippen LogP contribution < -0.4 is 10.2 Å². The van der Waals surface area contributed by atoms with Gasteiger partial charge in [-0.05, 0) is 62.1 Å². The fourth-order valence-electron chi connectivity index (χ4n) is 4.89. The number of amides is 1. The van der Waals surface area contributed by atoms with Crippen molar-refractivity contribution < 1.29 is 23.5 Å². The Hall–Kier alpha value is -2.96. The predicted octanol–water partition coefficient (Wildman–Crippen LogP) is 6.12. The first-order valence-corrected chi connectivity index (χ1v) is 12.9. The third kappa shape index (κ3) is 6.36. The quantitative estimate of drug-likeness (QED) is 0.206. The molecule has 1 aliphatic heterocycles. The molecule has 2 heterocycles. The maximum Gasteiger partial charge on any atom is 0.249 e. The molecule has 4 rings (SSSR count). The normalized spacial score (nSPS) is 15.9. The summed E-state index contributed by atoms with van der Waals surface area (Å²) in [4.78, 5) is 19.1. The second kappa shape index (κ2) is 12.3. The summed E-state index contributed by atoms with van der Waals surface area (Å²) >= 11 is 12.2. The Balaban J connectivity index is 1.44. The van der Waals surface area contributed by atoms with Crippen LogP contribution in [0.1, 0.15) is 43.0 Å². The van der Waals surface area contributed by atoms with Crippen LogP contribution >= 0.6 is 23.2 Å². The molecule has 1 aliphatic rings. The molecule has 200 valence electrons. The van der Waals surface area contributed by atoms with Crippen LogP contribution in [0.3, 0.4) is 0 Å². The van der Waals surface area contributed by atoms with Crippen molar-refractivity contribution in [1.29, 1.82) is 0 Å². The van der Waals surface area contributed by atoms with Crippen LogP contribution in [0.5, 0.6) is 5.75 Å². The second-order valence-electron chi connectivity index (χ2n) is 9.37. The highest BCUT2D eigenvalue weighted by Gasteiger charge is 2.41. The van der Waals surface area contributed by atoms with Crippen LogP contribution in [0.25, 0.3) is 10.9 Å². The number of hydroxylamine groups is 1. The molecule has 0 bridgehead atoms. The summed E-state index contributed by atoms with van der Waals surface area (Å²) in [7, 11) is 1.53. The number of fused-ring (bicyclic) bond motifs is 1. The van der Waals surface area contributed by atoms with E-state index in [0.717, 1.165) is 0 Å². The minimum atomic E-state index is -1.45. The highest BCUT2D eigenvalue weighted by Crippen LogP contribution is 2.42. The Morgan fingerprint density at radius 3 is 2.71 bits per heavy atom. The van der Waals surface area contributed by atoms with Crippen molar-refractivity contribution >= 4 is 40.0 Å². The first-order valence-electron chi connectivity index (χ1n) is 12.1. The topological polar surface area (TPSA) is 74.7 Å². The zero-order valence-corrected chi connectivity index (χ0v) is 22.3. The van der Waals surface area contributed by atoms with Crippen molar-refractivity contribution in [2.45, 2.75) is 31.9 Å². The smallest absolute Gasteiger partial charge is 0.249 e. The lowest BCUT2D eigenvalue weighted by Crippen LogP contribution is -2.48. The molecule has 10 heteroatoms. The van der Waals surface area contributed by atoms with Gasteiger partial charge in [0.25, 0.3) is 0 Å². The number of piperidine rings is 1. The highest BCUT2D eigenvalue weighted by atomic mass is 35.5. The molecule has 0 spiro atoms. The Kier molecular flexibility index (Phi) is 9.06. The summed E-state index contributed by atoms with van der Waals surface area (Å²) in [5.74, 6) is 5.49. The number of benzene rings is 2. The molecule has 3 aromatic rings. The van der Waals surface area contributed by atoms with Gasteiger partial charge < -0.3 is 4.74 Å². The molecule has 6 nitrogen and oxygen atoms in total. The number of nitrogens with zero attached hydrogens (tertiary/aromatic N) is 2. The summed E-state index contributed by atoms with van der Waals surface area (Å²) < 4.78 is 34.5. The Morgan fingerprint density at radius 2 is 2.03 bits per heavy atom. The standard InChI is InChI=1S/C28H27Cl2F2N3O3/c1-38-21-4-5-25-22(16-21)26(23(30)17-33-25)24(32)6-7-28(27(36)34-37)8-11-35(12-9-28)10-2-3-18-13-19(29)15-20(31)14-18/h4-5,13-17,24,37H,6-12H2,1H3,(H,34,36)/t24-/m1/s1. The Bertz CT molecular complexity index is 1360. The van der Waals surface area contributed by atoms with E-state index in [1.165, 1.54) is 25.4 Å². The number of likely N-dealkylation sites (tertiary alicyclic amines) is 1. The second-order valence-corrected chi connectivity index (χ2v) is 10.2. The molecule has 0 radical (unpaired) electrons. The molecule has 1 atom stereocenters. The fraction of sp³-hybridized carbons (Fsp3) is 0.357. The number of nitrogens with one attached hydrogen (secondary N) is 1. The van der Waals surface area contributed by atoms with Gasteiger partial charge in [-0.1, -0.05) is 35.0 Å². The van der Waals surface area contributed by atoms with Gasteiger partial charge in [0.1, 0.15) is 17.7 Å². The largest absolute Gasteiger partial charge is 0.497 e. The van der Waals surface area contributed by atoms with E-state index >= 15 is 4.39 Å². The van der Waals surface area contributed by atoms with Crippen LogP contribution in [0.15, 0.2) is 42.6 Å². The lowest BCUT2D eigenvalue weighted by Gasteiger charge is -2.40. The van der Waals surface area contributed by atoms with Gasteiger partial charge in [0.05, 0.1) is 29.6 Å². The minimum absolute atomic E-state index is 0.0313. The highest BCUT2D eigenvalue weighted by molar-refractivity contribution is 6.32. The van der Waals surface area contributed by atoms with Gasteiger partial charge in [0.2, 0.25) is 5.91 Å². The maximum absolute atomic E-state index is 15.7. The number of alkyl halides is 1. The van der Waals surface area contributed by atoms with E-state index in [0.29, 0.717) is 60.3 Å². The molecule has 0 aliphatic carbocycles. The first-order chi connectivity index (χ1) is 18.2. The average molecular weight is 562 g/mol. The number of aromatic nitrogens is 1. The van der Waals surface area contributed by atoms with Crippen LogP contribution in [0, 0.1) is 23.1 Å². The minimum Gasteiger partial charge on any atom is -0.497 e. The lowest BCUT2D eigenvalue weighted by atomic mass is 9.73. The van der Waals surface area contributed by atoms with Gasteiger partial charge in [0, 0.05) is 40.8 Å². The van der Waals surface area contributed by atoms with Crippen LogP contribution in [-0.2, 0) is 4.79 Å².